The fourth-order valence-electron chi connectivity index (χ4n) is 1.62. The molecule has 1 heterocycles. The average Bonchev–Trinajstić information content (AvgIpc) is 2.63. The monoisotopic (exact) mass is 217 g/mol. The van der Waals surface area contributed by atoms with E-state index in [0.717, 1.165) is 16.8 Å². The minimum absolute atomic E-state index is 0.281. The molecule has 2 rings (SSSR count). The lowest BCUT2D eigenvalue weighted by atomic mass is 10.2. The number of hydrogen-bond acceptors (Lipinski definition) is 3. The summed E-state index contributed by atoms with van der Waals surface area (Å²) in [4.78, 5) is 0. The molecule has 0 fully saturated rings. The lowest BCUT2D eigenvalue weighted by molar-refractivity contribution is 0.475. The van der Waals surface area contributed by atoms with Gasteiger partial charge in [0.1, 0.15) is 5.75 Å². The summed E-state index contributed by atoms with van der Waals surface area (Å²) in [6, 6.07) is 7.13. The van der Waals surface area contributed by atoms with E-state index >= 15 is 0 Å². The van der Waals surface area contributed by atoms with Crippen LogP contribution in [-0.4, -0.2) is 14.9 Å². The number of hydrogen-bond donors (Lipinski definition) is 2. The number of nitrogens with two attached hydrogens (primary N) is 1. The number of benzene rings is 1. The maximum Gasteiger partial charge on any atom is 0.115 e. The Morgan fingerprint density at radius 1 is 1.31 bits per heavy atom. The molecule has 0 amide bonds. The van der Waals surface area contributed by atoms with Crippen molar-refractivity contribution in [3.63, 3.8) is 0 Å². The Labute approximate surface area is 94.3 Å². The smallest absolute Gasteiger partial charge is 0.115 e. The van der Waals surface area contributed by atoms with E-state index in [0.29, 0.717) is 13.1 Å². The molecule has 4 heteroatoms. The molecule has 0 aliphatic rings. The third-order valence-electron chi connectivity index (χ3n) is 2.69. The highest BCUT2D eigenvalue weighted by molar-refractivity contribution is 5.26. The maximum absolute atomic E-state index is 9.18. The van der Waals surface area contributed by atoms with E-state index in [1.54, 1.807) is 18.3 Å². The summed E-state index contributed by atoms with van der Waals surface area (Å²) in [5, 5.41) is 13.5. The molecule has 0 radical (unpaired) electrons. The predicted molar refractivity (Wildman–Crippen MR) is 62.1 cm³/mol. The fourth-order valence-corrected chi connectivity index (χ4v) is 1.62. The van der Waals surface area contributed by atoms with Crippen LogP contribution >= 0.6 is 0 Å². The van der Waals surface area contributed by atoms with Crippen LogP contribution in [0.15, 0.2) is 30.5 Å². The summed E-state index contributed by atoms with van der Waals surface area (Å²) in [6.45, 7) is 3.23. The average molecular weight is 217 g/mol. The van der Waals surface area contributed by atoms with Crippen LogP contribution in [0.5, 0.6) is 5.75 Å². The van der Waals surface area contributed by atoms with Crippen molar-refractivity contribution in [1.82, 2.24) is 9.78 Å². The van der Waals surface area contributed by atoms with Gasteiger partial charge in [0.05, 0.1) is 12.7 Å². The van der Waals surface area contributed by atoms with Gasteiger partial charge in [0.2, 0.25) is 0 Å². The van der Waals surface area contributed by atoms with Crippen molar-refractivity contribution in [3.8, 4) is 5.75 Å². The number of rotatable bonds is 3. The molecular weight excluding hydrogens is 202 g/mol. The van der Waals surface area contributed by atoms with Crippen LogP contribution in [0.25, 0.3) is 0 Å². The van der Waals surface area contributed by atoms with Crippen LogP contribution in [-0.2, 0) is 13.1 Å². The topological polar surface area (TPSA) is 64.1 Å². The fraction of sp³-hybridized carbons (Fsp3) is 0.250. The zero-order valence-electron chi connectivity index (χ0n) is 9.22. The Morgan fingerprint density at radius 2 is 2.00 bits per heavy atom. The standard InChI is InChI=1S/C12H15N3O/c1-9-11(6-13)7-14-15(9)8-10-2-4-12(16)5-3-10/h2-5,7,16H,6,8,13H2,1H3. The normalized spacial score (nSPS) is 10.6. The number of nitrogens with zero attached hydrogens (tertiary/aromatic N) is 2. The van der Waals surface area contributed by atoms with E-state index in [1.165, 1.54) is 0 Å². The molecule has 0 atom stereocenters. The van der Waals surface area contributed by atoms with Crippen LogP contribution in [0.2, 0.25) is 0 Å². The van der Waals surface area contributed by atoms with Crippen molar-refractivity contribution in [1.29, 1.82) is 0 Å². The van der Waals surface area contributed by atoms with Gasteiger partial charge in [-0.3, -0.25) is 4.68 Å². The van der Waals surface area contributed by atoms with Crippen molar-refractivity contribution in [3.05, 3.63) is 47.3 Å². The van der Waals surface area contributed by atoms with Gasteiger partial charge in [-0.25, -0.2) is 0 Å². The first kappa shape index (κ1) is 10.7. The first-order valence-electron chi connectivity index (χ1n) is 5.20. The molecule has 0 bridgehead atoms. The summed E-state index contributed by atoms with van der Waals surface area (Å²) in [5.74, 6) is 0.281. The van der Waals surface area contributed by atoms with Gasteiger partial charge in [-0.05, 0) is 24.6 Å². The Hall–Kier alpha value is -1.81. The molecule has 0 saturated heterocycles. The molecule has 0 spiro atoms. The van der Waals surface area contributed by atoms with Gasteiger partial charge in [0.25, 0.3) is 0 Å². The van der Waals surface area contributed by atoms with Crippen molar-refractivity contribution in [2.75, 3.05) is 0 Å². The van der Waals surface area contributed by atoms with E-state index in [2.05, 4.69) is 5.10 Å². The molecule has 0 saturated carbocycles. The zero-order chi connectivity index (χ0) is 11.5. The van der Waals surface area contributed by atoms with Crippen LogP contribution in [0.4, 0.5) is 0 Å². The maximum atomic E-state index is 9.18. The lowest BCUT2D eigenvalue weighted by Crippen LogP contribution is -2.05. The van der Waals surface area contributed by atoms with Gasteiger partial charge in [0, 0.05) is 17.8 Å². The Kier molecular flexibility index (Phi) is 2.92. The van der Waals surface area contributed by atoms with Gasteiger partial charge >= 0.3 is 0 Å². The van der Waals surface area contributed by atoms with Crippen molar-refractivity contribution < 1.29 is 5.11 Å². The van der Waals surface area contributed by atoms with Crippen LogP contribution < -0.4 is 5.73 Å². The van der Waals surface area contributed by atoms with Gasteiger partial charge < -0.3 is 10.8 Å². The van der Waals surface area contributed by atoms with Gasteiger partial charge in [-0.15, -0.1) is 0 Å². The minimum atomic E-state index is 0.281. The van der Waals surface area contributed by atoms with Gasteiger partial charge in [-0.1, -0.05) is 12.1 Å². The zero-order valence-corrected chi connectivity index (χ0v) is 9.22. The van der Waals surface area contributed by atoms with E-state index in [-0.39, 0.29) is 5.75 Å². The van der Waals surface area contributed by atoms with Crippen LogP contribution in [0.1, 0.15) is 16.8 Å². The first-order chi connectivity index (χ1) is 7.70. The Bertz CT molecular complexity index is 474. The molecule has 0 unspecified atom stereocenters. The summed E-state index contributed by atoms with van der Waals surface area (Å²) in [7, 11) is 0. The van der Waals surface area contributed by atoms with Gasteiger partial charge in [0.15, 0.2) is 0 Å². The molecule has 2 aromatic rings. The minimum Gasteiger partial charge on any atom is -0.508 e. The molecular formula is C12H15N3O. The highest BCUT2D eigenvalue weighted by Crippen LogP contribution is 2.13. The molecule has 1 aromatic carbocycles. The van der Waals surface area contributed by atoms with Crippen LogP contribution in [0.3, 0.4) is 0 Å². The summed E-state index contributed by atoms with van der Waals surface area (Å²) < 4.78 is 1.91. The third-order valence-corrected chi connectivity index (χ3v) is 2.69. The molecule has 3 N–H and O–H groups in total. The summed E-state index contributed by atoms with van der Waals surface area (Å²) >= 11 is 0. The molecule has 0 aliphatic heterocycles. The number of aromatic hydroxyl groups is 1. The van der Waals surface area contributed by atoms with Crippen molar-refractivity contribution in [2.45, 2.75) is 20.0 Å². The molecule has 0 aliphatic carbocycles. The predicted octanol–water partition coefficient (Wildman–Crippen LogP) is 1.40. The second-order valence-corrected chi connectivity index (χ2v) is 3.78. The SMILES string of the molecule is Cc1c(CN)cnn1Cc1ccc(O)cc1. The molecule has 84 valence electrons. The van der Waals surface area contributed by atoms with E-state index in [4.69, 9.17) is 5.73 Å². The highest BCUT2D eigenvalue weighted by Gasteiger charge is 2.04. The second-order valence-electron chi connectivity index (χ2n) is 3.78. The number of aromatic nitrogens is 2. The quantitative estimate of drug-likeness (QED) is 0.817. The van der Waals surface area contributed by atoms with Crippen molar-refractivity contribution in [2.24, 2.45) is 5.73 Å². The van der Waals surface area contributed by atoms with Gasteiger partial charge in [-0.2, -0.15) is 5.10 Å². The number of phenols is 1. The summed E-state index contributed by atoms with van der Waals surface area (Å²) in [6.07, 6.45) is 1.80. The Morgan fingerprint density at radius 3 is 2.56 bits per heavy atom. The van der Waals surface area contributed by atoms with E-state index in [9.17, 15) is 5.11 Å². The number of phenolic OH excluding ortho intramolecular Hbond substituents is 1. The molecule has 1 aromatic heterocycles. The van der Waals surface area contributed by atoms with E-state index in [1.807, 2.05) is 23.7 Å². The third kappa shape index (κ3) is 2.06. The summed E-state index contributed by atoms with van der Waals surface area (Å²) in [5.41, 5.74) is 8.86. The van der Waals surface area contributed by atoms with E-state index < -0.39 is 0 Å². The van der Waals surface area contributed by atoms with Crippen molar-refractivity contribution >= 4 is 0 Å². The highest BCUT2D eigenvalue weighted by atomic mass is 16.3. The Balaban J connectivity index is 2.20. The largest absolute Gasteiger partial charge is 0.508 e. The molecule has 4 nitrogen and oxygen atoms in total. The molecule has 16 heavy (non-hydrogen) atoms. The lowest BCUT2D eigenvalue weighted by Gasteiger charge is -2.05. The van der Waals surface area contributed by atoms with Crippen LogP contribution in [0, 0.1) is 6.92 Å². The second kappa shape index (κ2) is 4.37. The first-order valence-corrected chi connectivity index (χ1v) is 5.20.